The number of hydrogen-bond donors (Lipinski definition) is 0. The molecule has 1 aliphatic heterocycles. The zero-order chi connectivity index (χ0) is 19.0. The predicted octanol–water partition coefficient (Wildman–Crippen LogP) is 3.66. The Morgan fingerprint density at radius 2 is 1.25 bits per heavy atom. The van der Waals surface area contributed by atoms with Crippen molar-refractivity contribution >= 4 is 30.6 Å². The zero-order valence-corrected chi connectivity index (χ0v) is 17.6. The van der Waals surface area contributed by atoms with Crippen molar-refractivity contribution in [2.75, 3.05) is 9.62 Å². The number of fused-ring (bicyclic) bond motifs is 1. The number of rotatable bonds is 2. The van der Waals surface area contributed by atoms with E-state index in [-0.39, 0.29) is 20.1 Å². The second-order valence-electron chi connectivity index (χ2n) is 6.30. The molecule has 3 aromatic rings. The van der Waals surface area contributed by atoms with Crippen molar-refractivity contribution in [1.82, 2.24) is 9.97 Å². The van der Waals surface area contributed by atoms with E-state index in [0.29, 0.717) is 11.1 Å². The van der Waals surface area contributed by atoms with E-state index in [1.807, 2.05) is 67.4 Å². The first kappa shape index (κ1) is 19.6. The molecule has 2 aromatic heterocycles. The number of nitriles is 2. The van der Waals surface area contributed by atoms with E-state index in [4.69, 9.17) is 10.5 Å². The largest absolute Gasteiger partial charge is 0.403 e. The SMILES string of the molecule is Cc1cc(C#N)cnc1N1[B]N(c2ncc(C#N)cc2C)c2ccccc21.[Ir]. The van der Waals surface area contributed by atoms with Crippen molar-refractivity contribution in [2.45, 2.75) is 13.8 Å². The van der Waals surface area contributed by atoms with Crippen LogP contribution in [0.1, 0.15) is 22.3 Å². The number of benzene rings is 1. The number of para-hydroxylation sites is 2. The molecule has 8 heteroatoms. The molecule has 1 aromatic carbocycles. The molecular weight excluding hydrogens is 527 g/mol. The fourth-order valence-electron chi connectivity index (χ4n) is 3.21. The number of aromatic nitrogens is 2. The Balaban J connectivity index is 0.00000225. The standard InChI is InChI=1S/C20H14BN6.Ir/c1-13-7-15(9-22)11-24-19(13)26-17-5-3-4-6-18(17)27(21-26)20-14(2)8-16(10-23)12-25-20;/h3-8,11-12H,1-2H3;. The van der Waals surface area contributed by atoms with E-state index in [9.17, 15) is 0 Å². The van der Waals surface area contributed by atoms with Crippen LogP contribution >= 0.6 is 0 Å². The van der Waals surface area contributed by atoms with Crippen LogP contribution in [-0.2, 0) is 20.1 Å². The summed E-state index contributed by atoms with van der Waals surface area (Å²) >= 11 is 0. The summed E-state index contributed by atoms with van der Waals surface area (Å²) in [4.78, 5) is 13.0. The third-order valence-corrected chi connectivity index (χ3v) is 4.45. The van der Waals surface area contributed by atoms with E-state index < -0.39 is 0 Å². The van der Waals surface area contributed by atoms with Crippen LogP contribution in [0.25, 0.3) is 0 Å². The van der Waals surface area contributed by atoms with E-state index in [2.05, 4.69) is 22.1 Å². The monoisotopic (exact) mass is 542 g/mol. The summed E-state index contributed by atoms with van der Waals surface area (Å²) < 4.78 is 0. The minimum atomic E-state index is 0. The molecule has 0 amide bonds. The van der Waals surface area contributed by atoms with Crippen LogP contribution in [0.2, 0.25) is 0 Å². The molecule has 4 rings (SSSR count). The molecule has 0 bridgehead atoms. The molecule has 0 saturated carbocycles. The fourth-order valence-corrected chi connectivity index (χ4v) is 3.21. The van der Waals surface area contributed by atoms with Gasteiger partial charge in [-0.25, -0.2) is 9.97 Å². The third-order valence-electron chi connectivity index (χ3n) is 4.45. The van der Waals surface area contributed by atoms with E-state index in [0.717, 1.165) is 34.1 Å². The van der Waals surface area contributed by atoms with Gasteiger partial charge in [-0.05, 0) is 49.2 Å². The quantitative estimate of drug-likeness (QED) is 0.461. The molecule has 28 heavy (non-hydrogen) atoms. The molecule has 0 spiro atoms. The van der Waals surface area contributed by atoms with Crippen molar-refractivity contribution in [3.05, 3.63) is 71.0 Å². The smallest absolute Gasteiger partial charge is 0.351 e. The zero-order valence-electron chi connectivity index (χ0n) is 15.2. The van der Waals surface area contributed by atoms with Gasteiger partial charge in [0.1, 0.15) is 23.8 Å². The Bertz CT molecular complexity index is 1050. The molecule has 0 N–H and O–H groups in total. The van der Waals surface area contributed by atoms with Crippen LogP contribution in [0.15, 0.2) is 48.8 Å². The first-order valence-electron chi connectivity index (χ1n) is 8.38. The Morgan fingerprint density at radius 1 is 0.821 bits per heavy atom. The first-order valence-corrected chi connectivity index (χ1v) is 8.38. The summed E-state index contributed by atoms with van der Waals surface area (Å²) in [6.45, 7) is 3.88. The van der Waals surface area contributed by atoms with Gasteiger partial charge in [0, 0.05) is 32.5 Å². The van der Waals surface area contributed by atoms with Gasteiger partial charge in [-0.2, -0.15) is 10.5 Å². The van der Waals surface area contributed by atoms with Gasteiger partial charge in [-0.15, -0.1) is 0 Å². The number of pyridine rings is 2. The molecule has 6 nitrogen and oxygen atoms in total. The van der Waals surface area contributed by atoms with Crippen molar-refractivity contribution in [3.63, 3.8) is 0 Å². The van der Waals surface area contributed by atoms with Gasteiger partial charge in [0.15, 0.2) is 0 Å². The van der Waals surface area contributed by atoms with Crippen LogP contribution in [0.5, 0.6) is 0 Å². The second kappa shape index (κ2) is 7.82. The number of anilines is 4. The Morgan fingerprint density at radius 3 is 1.61 bits per heavy atom. The maximum Gasteiger partial charge on any atom is 0.403 e. The van der Waals surface area contributed by atoms with E-state index >= 15 is 0 Å². The van der Waals surface area contributed by atoms with Gasteiger partial charge in [-0.1, -0.05) is 12.1 Å². The minimum Gasteiger partial charge on any atom is -0.351 e. The Labute approximate surface area is 177 Å². The summed E-state index contributed by atoms with van der Waals surface area (Å²) in [7, 11) is 1.94. The molecule has 0 atom stereocenters. The molecule has 2 radical (unpaired) electrons. The molecule has 1 aliphatic rings. The summed E-state index contributed by atoms with van der Waals surface area (Å²) in [5.41, 5.74) is 4.83. The topological polar surface area (TPSA) is 79.8 Å². The van der Waals surface area contributed by atoms with E-state index in [1.165, 1.54) is 0 Å². The molecule has 0 saturated heterocycles. The molecule has 136 valence electrons. The average Bonchev–Trinajstić information content (AvgIpc) is 3.07. The maximum absolute atomic E-state index is 9.09. The summed E-state index contributed by atoms with van der Waals surface area (Å²) in [5.74, 6) is 1.52. The predicted molar refractivity (Wildman–Crippen MR) is 104 cm³/mol. The first-order chi connectivity index (χ1) is 13.1. The molecular formula is C20H14BIrN6. The number of aryl methyl sites for hydroxylation is 2. The van der Waals surface area contributed by atoms with Crippen LogP contribution < -0.4 is 9.62 Å². The van der Waals surface area contributed by atoms with Crippen LogP contribution in [-0.4, -0.2) is 17.5 Å². The normalized spacial score (nSPS) is 11.7. The second-order valence-corrected chi connectivity index (χ2v) is 6.30. The van der Waals surface area contributed by atoms with Crippen molar-refractivity contribution in [3.8, 4) is 12.1 Å². The number of hydrogen-bond acceptors (Lipinski definition) is 6. The molecule has 0 unspecified atom stereocenters. The van der Waals surface area contributed by atoms with Gasteiger partial charge in [-0.3, -0.25) is 0 Å². The van der Waals surface area contributed by atoms with Gasteiger partial charge in [0.25, 0.3) is 0 Å². The van der Waals surface area contributed by atoms with Crippen molar-refractivity contribution in [2.24, 2.45) is 0 Å². The third kappa shape index (κ3) is 3.25. The van der Waals surface area contributed by atoms with Crippen LogP contribution in [0.3, 0.4) is 0 Å². The Hall–Kier alpha value is -3.19. The summed E-state index contributed by atoms with van der Waals surface area (Å²) in [6, 6.07) is 15.9. The number of nitrogens with zero attached hydrogens (tertiary/aromatic N) is 6. The maximum atomic E-state index is 9.09. The summed E-state index contributed by atoms with van der Waals surface area (Å²) in [5, 5.41) is 18.2. The molecule has 3 heterocycles. The fraction of sp³-hybridized carbons (Fsp3) is 0.100. The van der Waals surface area contributed by atoms with Crippen molar-refractivity contribution < 1.29 is 20.1 Å². The molecule has 0 fully saturated rings. The Kier molecular flexibility index (Phi) is 5.47. The average molecular weight is 541 g/mol. The van der Waals surface area contributed by atoms with Crippen LogP contribution in [0.4, 0.5) is 23.0 Å². The van der Waals surface area contributed by atoms with Gasteiger partial charge in [0.2, 0.25) is 0 Å². The van der Waals surface area contributed by atoms with E-state index in [1.54, 1.807) is 12.4 Å². The van der Waals surface area contributed by atoms with Gasteiger partial charge < -0.3 is 9.62 Å². The van der Waals surface area contributed by atoms with Gasteiger partial charge >= 0.3 is 7.55 Å². The molecule has 0 aliphatic carbocycles. The van der Waals surface area contributed by atoms with Crippen LogP contribution in [0, 0.1) is 36.5 Å². The van der Waals surface area contributed by atoms with Crippen molar-refractivity contribution in [1.29, 1.82) is 10.5 Å². The summed E-state index contributed by atoms with van der Waals surface area (Å²) in [6.07, 6.45) is 3.15. The van der Waals surface area contributed by atoms with Gasteiger partial charge in [0.05, 0.1) is 22.5 Å². The minimum absolute atomic E-state index is 0.